The molecule has 1 aromatic heterocycles. The largest absolute Gasteiger partial charge is 0.252 e. The van der Waals surface area contributed by atoms with Crippen LogP contribution in [0.15, 0.2) is 36.5 Å². The van der Waals surface area contributed by atoms with Crippen LogP contribution in [0.1, 0.15) is 19.0 Å². The molecule has 0 N–H and O–H groups in total. The van der Waals surface area contributed by atoms with Gasteiger partial charge in [0.2, 0.25) is 0 Å². The molecule has 2 heteroatoms. The van der Waals surface area contributed by atoms with Crippen LogP contribution >= 0.6 is 0 Å². The van der Waals surface area contributed by atoms with Gasteiger partial charge >= 0.3 is 0 Å². The van der Waals surface area contributed by atoms with Crippen LogP contribution in [0.4, 0.5) is 0 Å². The number of hydrogen-bond acceptors (Lipinski definition) is 2. The Kier molecular flexibility index (Phi) is 2.54. The van der Waals surface area contributed by atoms with E-state index in [1.54, 1.807) is 6.20 Å². The van der Waals surface area contributed by atoms with E-state index in [2.05, 4.69) is 23.0 Å². The summed E-state index contributed by atoms with van der Waals surface area (Å²) in [5, 5.41) is 0. The molecule has 0 aliphatic carbocycles. The van der Waals surface area contributed by atoms with Crippen LogP contribution in [0.2, 0.25) is 0 Å². The molecule has 1 heterocycles. The lowest BCUT2D eigenvalue weighted by Gasteiger charge is -1.96. The fourth-order valence-corrected chi connectivity index (χ4v) is 1.29. The zero-order valence-corrected chi connectivity index (χ0v) is 8.14. The first kappa shape index (κ1) is 8.88. The minimum Gasteiger partial charge on any atom is -0.252 e. The minimum absolute atomic E-state index is 0.922. The Morgan fingerprint density at radius 3 is 2.79 bits per heavy atom. The summed E-state index contributed by atoms with van der Waals surface area (Å²) >= 11 is 0. The second kappa shape index (κ2) is 4.01. The zero-order valence-electron chi connectivity index (χ0n) is 8.14. The molecule has 0 fully saturated rings. The molecule has 2 aromatic rings. The molecule has 0 amide bonds. The Bertz CT molecular complexity index is 461. The van der Waals surface area contributed by atoms with E-state index < -0.39 is 0 Å². The molecule has 0 saturated heterocycles. The standard InChI is InChI=1S/C12H12N2/c1-2-3-6-10-9-13-11-7-4-5-8-12(11)14-10/h3-9H,2H2,1H3/b6-3-. The van der Waals surface area contributed by atoms with Crippen molar-refractivity contribution in [3.63, 3.8) is 0 Å². The van der Waals surface area contributed by atoms with Crippen LogP contribution in [0.25, 0.3) is 17.1 Å². The second-order valence-corrected chi connectivity index (χ2v) is 3.09. The monoisotopic (exact) mass is 184 g/mol. The predicted molar refractivity (Wildman–Crippen MR) is 58.9 cm³/mol. The molecule has 0 spiro atoms. The van der Waals surface area contributed by atoms with Gasteiger partial charge < -0.3 is 0 Å². The van der Waals surface area contributed by atoms with Crippen molar-refractivity contribution >= 4 is 17.1 Å². The fraction of sp³-hybridized carbons (Fsp3) is 0.167. The van der Waals surface area contributed by atoms with Crippen molar-refractivity contribution < 1.29 is 0 Å². The first-order valence-electron chi connectivity index (χ1n) is 4.78. The Morgan fingerprint density at radius 2 is 2.00 bits per heavy atom. The topological polar surface area (TPSA) is 25.8 Å². The molecule has 0 bridgehead atoms. The maximum absolute atomic E-state index is 4.46. The molecule has 2 rings (SSSR count). The van der Waals surface area contributed by atoms with Crippen molar-refractivity contribution in [1.29, 1.82) is 0 Å². The molecule has 70 valence electrons. The van der Waals surface area contributed by atoms with Gasteiger partial charge in [-0.2, -0.15) is 0 Å². The van der Waals surface area contributed by atoms with Gasteiger partial charge in [-0.1, -0.05) is 25.1 Å². The number of benzene rings is 1. The molecule has 0 aliphatic rings. The van der Waals surface area contributed by atoms with Crippen LogP contribution in [0.3, 0.4) is 0 Å². The van der Waals surface area contributed by atoms with E-state index in [9.17, 15) is 0 Å². The van der Waals surface area contributed by atoms with E-state index in [1.165, 1.54) is 0 Å². The van der Waals surface area contributed by atoms with Gasteiger partial charge in [0.15, 0.2) is 0 Å². The summed E-state index contributed by atoms with van der Waals surface area (Å²) in [5.74, 6) is 0. The van der Waals surface area contributed by atoms with Crippen LogP contribution in [0, 0.1) is 0 Å². The Morgan fingerprint density at radius 1 is 1.21 bits per heavy atom. The zero-order chi connectivity index (χ0) is 9.80. The van der Waals surface area contributed by atoms with Crippen molar-refractivity contribution in [3.05, 3.63) is 42.2 Å². The summed E-state index contributed by atoms with van der Waals surface area (Å²) in [6.07, 6.45) is 6.90. The molecular weight excluding hydrogens is 172 g/mol. The number of nitrogens with zero attached hydrogens (tertiary/aromatic N) is 2. The number of para-hydroxylation sites is 2. The van der Waals surface area contributed by atoms with Gasteiger partial charge in [-0.15, -0.1) is 0 Å². The molecule has 0 atom stereocenters. The Balaban J connectivity index is 2.46. The number of fused-ring (bicyclic) bond motifs is 1. The third-order valence-electron chi connectivity index (χ3n) is 1.99. The van der Waals surface area contributed by atoms with E-state index in [1.807, 2.05) is 30.3 Å². The van der Waals surface area contributed by atoms with Crippen molar-refractivity contribution in [3.8, 4) is 0 Å². The van der Waals surface area contributed by atoms with Crippen molar-refractivity contribution in [1.82, 2.24) is 9.97 Å². The highest BCUT2D eigenvalue weighted by molar-refractivity contribution is 5.74. The van der Waals surface area contributed by atoms with E-state index in [-0.39, 0.29) is 0 Å². The Labute approximate surface area is 83.3 Å². The average Bonchev–Trinajstić information content (AvgIpc) is 2.26. The SMILES string of the molecule is CC/C=C\c1cnc2ccccc2n1. The molecule has 0 unspecified atom stereocenters. The molecule has 0 radical (unpaired) electrons. The Hall–Kier alpha value is -1.70. The number of allylic oxidation sites excluding steroid dienone is 1. The summed E-state index contributed by atoms with van der Waals surface area (Å²) in [4.78, 5) is 8.78. The lowest BCUT2D eigenvalue weighted by atomic mass is 10.3. The summed E-state index contributed by atoms with van der Waals surface area (Å²) in [7, 11) is 0. The first-order chi connectivity index (χ1) is 6.90. The molecule has 1 aromatic carbocycles. The summed E-state index contributed by atoms with van der Waals surface area (Å²) < 4.78 is 0. The van der Waals surface area contributed by atoms with Crippen LogP contribution in [-0.4, -0.2) is 9.97 Å². The highest BCUT2D eigenvalue weighted by atomic mass is 14.8. The second-order valence-electron chi connectivity index (χ2n) is 3.09. The molecule has 2 nitrogen and oxygen atoms in total. The van der Waals surface area contributed by atoms with E-state index in [4.69, 9.17) is 0 Å². The lowest BCUT2D eigenvalue weighted by Crippen LogP contribution is -1.86. The lowest BCUT2D eigenvalue weighted by molar-refractivity contribution is 1.22. The summed E-state index contributed by atoms with van der Waals surface area (Å²) in [6.45, 7) is 2.10. The summed E-state index contributed by atoms with van der Waals surface area (Å²) in [5.41, 5.74) is 2.82. The van der Waals surface area contributed by atoms with Crippen LogP contribution in [0.5, 0.6) is 0 Å². The van der Waals surface area contributed by atoms with E-state index >= 15 is 0 Å². The third kappa shape index (κ3) is 1.79. The van der Waals surface area contributed by atoms with Crippen molar-refractivity contribution in [2.45, 2.75) is 13.3 Å². The third-order valence-corrected chi connectivity index (χ3v) is 1.99. The summed E-state index contributed by atoms with van der Waals surface area (Å²) in [6, 6.07) is 7.89. The van der Waals surface area contributed by atoms with Gasteiger partial charge in [0.05, 0.1) is 22.9 Å². The van der Waals surface area contributed by atoms with Gasteiger partial charge in [-0.25, -0.2) is 4.98 Å². The highest BCUT2D eigenvalue weighted by Gasteiger charge is 1.94. The maximum atomic E-state index is 4.46. The average molecular weight is 184 g/mol. The van der Waals surface area contributed by atoms with E-state index in [0.717, 1.165) is 23.1 Å². The van der Waals surface area contributed by atoms with Crippen LogP contribution in [-0.2, 0) is 0 Å². The predicted octanol–water partition coefficient (Wildman–Crippen LogP) is 3.05. The minimum atomic E-state index is 0.922. The van der Waals surface area contributed by atoms with Crippen LogP contribution < -0.4 is 0 Å². The highest BCUT2D eigenvalue weighted by Crippen LogP contribution is 2.09. The van der Waals surface area contributed by atoms with Gasteiger partial charge in [0.1, 0.15) is 0 Å². The normalized spacial score (nSPS) is 11.2. The van der Waals surface area contributed by atoms with E-state index in [0.29, 0.717) is 0 Å². The van der Waals surface area contributed by atoms with Gasteiger partial charge in [-0.05, 0) is 24.6 Å². The van der Waals surface area contributed by atoms with Crippen molar-refractivity contribution in [2.75, 3.05) is 0 Å². The van der Waals surface area contributed by atoms with Crippen molar-refractivity contribution in [2.24, 2.45) is 0 Å². The number of hydrogen-bond donors (Lipinski definition) is 0. The van der Waals surface area contributed by atoms with Gasteiger partial charge in [0, 0.05) is 0 Å². The molecule has 14 heavy (non-hydrogen) atoms. The van der Waals surface area contributed by atoms with Gasteiger partial charge in [-0.3, -0.25) is 4.98 Å². The van der Waals surface area contributed by atoms with Gasteiger partial charge in [0.25, 0.3) is 0 Å². The fourth-order valence-electron chi connectivity index (χ4n) is 1.29. The quantitative estimate of drug-likeness (QED) is 0.716. The molecule has 0 aliphatic heterocycles. The number of aromatic nitrogens is 2. The molecule has 0 saturated carbocycles. The molecular formula is C12H12N2. The number of rotatable bonds is 2. The maximum Gasteiger partial charge on any atom is 0.0894 e. The smallest absolute Gasteiger partial charge is 0.0894 e. The first-order valence-corrected chi connectivity index (χ1v) is 4.78.